The van der Waals surface area contributed by atoms with Crippen molar-refractivity contribution in [2.24, 2.45) is 5.92 Å². The number of nitrogens with zero attached hydrogens (tertiary/aromatic N) is 2. The van der Waals surface area contributed by atoms with E-state index in [0.717, 1.165) is 38.0 Å². The molecule has 23 heavy (non-hydrogen) atoms. The molecule has 2 fully saturated rings. The standard InChI is InChI=1S/C18H24N2O3/c21-17(19-10-5-2-6-11-19)13-20(16-7-3-1-4-8-16)18(22)15-9-12-23-14-15/h1,3-4,7-8,15H,2,5-6,9-14H2/t15-/m1/s1. The Kier molecular flexibility index (Phi) is 5.28. The molecule has 0 aliphatic carbocycles. The van der Waals surface area contributed by atoms with Gasteiger partial charge in [0.1, 0.15) is 6.54 Å². The lowest BCUT2D eigenvalue weighted by atomic mass is 10.1. The zero-order valence-electron chi connectivity index (χ0n) is 13.4. The molecule has 2 heterocycles. The second-order valence-corrected chi connectivity index (χ2v) is 6.26. The summed E-state index contributed by atoms with van der Waals surface area (Å²) < 4.78 is 5.34. The lowest BCUT2D eigenvalue weighted by Crippen LogP contribution is -2.46. The molecular formula is C18H24N2O3. The molecule has 3 rings (SSSR count). The van der Waals surface area contributed by atoms with Crippen LogP contribution in [0.15, 0.2) is 30.3 Å². The van der Waals surface area contributed by atoms with Crippen LogP contribution in [-0.2, 0) is 14.3 Å². The Morgan fingerprint density at radius 2 is 1.87 bits per heavy atom. The van der Waals surface area contributed by atoms with Crippen molar-refractivity contribution in [1.82, 2.24) is 4.90 Å². The van der Waals surface area contributed by atoms with Crippen molar-refractivity contribution in [1.29, 1.82) is 0 Å². The highest BCUT2D eigenvalue weighted by atomic mass is 16.5. The van der Waals surface area contributed by atoms with Crippen LogP contribution in [0.5, 0.6) is 0 Å². The number of rotatable bonds is 4. The van der Waals surface area contributed by atoms with Crippen molar-refractivity contribution in [3.05, 3.63) is 30.3 Å². The molecule has 2 aliphatic heterocycles. The summed E-state index contributed by atoms with van der Waals surface area (Å²) in [5.41, 5.74) is 0.787. The molecule has 0 spiro atoms. The van der Waals surface area contributed by atoms with Crippen molar-refractivity contribution in [2.45, 2.75) is 25.7 Å². The molecule has 124 valence electrons. The van der Waals surface area contributed by atoms with Gasteiger partial charge >= 0.3 is 0 Å². The van der Waals surface area contributed by atoms with Gasteiger partial charge in [-0.3, -0.25) is 9.59 Å². The van der Waals surface area contributed by atoms with Crippen molar-refractivity contribution in [3.63, 3.8) is 0 Å². The SMILES string of the molecule is O=C(CN(C(=O)[C@@H]1CCOC1)c1ccccc1)N1CCCCC1. The van der Waals surface area contributed by atoms with Gasteiger partial charge in [-0.2, -0.15) is 0 Å². The van der Waals surface area contributed by atoms with Gasteiger partial charge in [0.2, 0.25) is 11.8 Å². The molecular weight excluding hydrogens is 292 g/mol. The predicted octanol–water partition coefficient (Wildman–Crippen LogP) is 2.07. The fraction of sp³-hybridized carbons (Fsp3) is 0.556. The largest absolute Gasteiger partial charge is 0.381 e. The van der Waals surface area contributed by atoms with E-state index in [-0.39, 0.29) is 24.3 Å². The van der Waals surface area contributed by atoms with Crippen LogP contribution in [0.1, 0.15) is 25.7 Å². The summed E-state index contributed by atoms with van der Waals surface area (Å²) in [5, 5.41) is 0. The number of para-hydroxylation sites is 1. The van der Waals surface area contributed by atoms with Crippen LogP contribution in [0.3, 0.4) is 0 Å². The number of hydrogen-bond acceptors (Lipinski definition) is 3. The van der Waals surface area contributed by atoms with Crippen molar-refractivity contribution in [3.8, 4) is 0 Å². The van der Waals surface area contributed by atoms with E-state index in [2.05, 4.69) is 0 Å². The zero-order chi connectivity index (χ0) is 16.1. The van der Waals surface area contributed by atoms with E-state index in [1.54, 1.807) is 4.90 Å². The molecule has 2 aliphatic rings. The van der Waals surface area contributed by atoms with E-state index in [1.165, 1.54) is 6.42 Å². The van der Waals surface area contributed by atoms with Crippen LogP contribution < -0.4 is 4.90 Å². The fourth-order valence-electron chi connectivity index (χ4n) is 3.23. The second-order valence-electron chi connectivity index (χ2n) is 6.26. The van der Waals surface area contributed by atoms with Gasteiger partial charge in [-0.15, -0.1) is 0 Å². The quantitative estimate of drug-likeness (QED) is 0.854. The molecule has 1 atom stereocenters. The molecule has 2 amide bonds. The smallest absolute Gasteiger partial charge is 0.242 e. The maximum Gasteiger partial charge on any atom is 0.242 e. The highest BCUT2D eigenvalue weighted by Gasteiger charge is 2.31. The minimum absolute atomic E-state index is 0.000871. The number of piperidine rings is 1. The minimum atomic E-state index is -0.135. The molecule has 5 nitrogen and oxygen atoms in total. The van der Waals surface area contributed by atoms with Crippen LogP contribution in [0.25, 0.3) is 0 Å². The van der Waals surface area contributed by atoms with Gasteiger partial charge in [0.25, 0.3) is 0 Å². The Labute approximate surface area is 137 Å². The maximum atomic E-state index is 12.8. The van der Waals surface area contributed by atoms with Crippen LogP contribution in [0.4, 0.5) is 5.69 Å². The summed E-state index contributed by atoms with van der Waals surface area (Å²) in [6, 6.07) is 9.48. The summed E-state index contributed by atoms with van der Waals surface area (Å²) in [7, 11) is 0. The van der Waals surface area contributed by atoms with E-state index in [0.29, 0.717) is 13.2 Å². The van der Waals surface area contributed by atoms with Gasteiger partial charge in [-0.25, -0.2) is 0 Å². The van der Waals surface area contributed by atoms with Gasteiger partial charge in [-0.05, 0) is 37.8 Å². The molecule has 0 bridgehead atoms. The van der Waals surface area contributed by atoms with Gasteiger partial charge in [0.05, 0.1) is 12.5 Å². The number of anilines is 1. The number of likely N-dealkylation sites (tertiary alicyclic amines) is 1. The first kappa shape index (κ1) is 16.0. The minimum Gasteiger partial charge on any atom is -0.381 e. The van der Waals surface area contributed by atoms with E-state index < -0.39 is 0 Å². The third-order valence-corrected chi connectivity index (χ3v) is 4.61. The van der Waals surface area contributed by atoms with Crippen molar-refractivity contribution in [2.75, 3.05) is 37.7 Å². The zero-order valence-corrected chi connectivity index (χ0v) is 13.4. The molecule has 2 saturated heterocycles. The number of amides is 2. The average molecular weight is 316 g/mol. The topological polar surface area (TPSA) is 49.9 Å². The molecule has 5 heteroatoms. The molecule has 0 radical (unpaired) electrons. The molecule has 1 aromatic carbocycles. The van der Waals surface area contributed by atoms with Gasteiger partial charge in [0, 0.05) is 25.4 Å². The first-order valence-corrected chi connectivity index (χ1v) is 8.47. The summed E-state index contributed by atoms with van der Waals surface area (Å²) in [4.78, 5) is 29.0. The molecule has 1 aromatic rings. The van der Waals surface area contributed by atoms with E-state index >= 15 is 0 Å². The highest BCUT2D eigenvalue weighted by molar-refractivity contribution is 6.00. The predicted molar refractivity (Wildman–Crippen MR) is 88.2 cm³/mol. The number of ether oxygens (including phenoxy) is 1. The molecule has 0 unspecified atom stereocenters. The van der Waals surface area contributed by atoms with Gasteiger partial charge < -0.3 is 14.5 Å². The maximum absolute atomic E-state index is 12.8. The number of benzene rings is 1. The van der Waals surface area contributed by atoms with E-state index in [9.17, 15) is 9.59 Å². The van der Waals surface area contributed by atoms with Crippen LogP contribution in [0, 0.1) is 5.92 Å². The Balaban J connectivity index is 1.74. The normalized spacial score (nSPS) is 21.2. The van der Waals surface area contributed by atoms with E-state index in [4.69, 9.17) is 4.74 Å². The van der Waals surface area contributed by atoms with Crippen LogP contribution in [0.2, 0.25) is 0 Å². The van der Waals surface area contributed by atoms with Crippen LogP contribution >= 0.6 is 0 Å². The first-order chi connectivity index (χ1) is 11.3. The van der Waals surface area contributed by atoms with Crippen LogP contribution in [-0.4, -0.2) is 49.6 Å². The Morgan fingerprint density at radius 1 is 1.13 bits per heavy atom. The molecule has 0 saturated carbocycles. The van der Waals surface area contributed by atoms with Crippen molar-refractivity contribution < 1.29 is 14.3 Å². The summed E-state index contributed by atoms with van der Waals surface area (Å²) in [5.74, 6) is -0.0933. The highest BCUT2D eigenvalue weighted by Crippen LogP contribution is 2.22. The summed E-state index contributed by atoms with van der Waals surface area (Å²) in [6.45, 7) is 2.82. The molecule has 0 N–H and O–H groups in total. The third kappa shape index (κ3) is 3.91. The summed E-state index contributed by atoms with van der Waals surface area (Å²) in [6.07, 6.45) is 4.04. The number of hydrogen-bond donors (Lipinski definition) is 0. The number of carbonyl (C=O) groups is 2. The Hall–Kier alpha value is -1.88. The van der Waals surface area contributed by atoms with Gasteiger partial charge in [-0.1, -0.05) is 18.2 Å². The fourth-order valence-corrected chi connectivity index (χ4v) is 3.23. The van der Waals surface area contributed by atoms with Crippen molar-refractivity contribution >= 4 is 17.5 Å². The Morgan fingerprint density at radius 3 is 2.52 bits per heavy atom. The monoisotopic (exact) mass is 316 g/mol. The van der Waals surface area contributed by atoms with Gasteiger partial charge in [0.15, 0.2) is 0 Å². The lowest BCUT2D eigenvalue weighted by Gasteiger charge is -2.31. The third-order valence-electron chi connectivity index (χ3n) is 4.61. The lowest BCUT2D eigenvalue weighted by molar-refractivity contribution is -0.132. The Bertz CT molecular complexity index is 534. The molecule has 0 aromatic heterocycles. The second kappa shape index (κ2) is 7.59. The first-order valence-electron chi connectivity index (χ1n) is 8.47. The average Bonchev–Trinajstić information content (AvgIpc) is 3.15. The van der Waals surface area contributed by atoms with E-state index in [1.807, 2.05) is 35.2 Å². The number of carbonyl (C=O) groups excluding carboxylic acids is 2. The summed E-state index contributed by atoms with van der Waals surface area (Å²) >= 11 is 0.